The van der Waals surface area contributed by atoms with Gasteiger partial charge in [-0.25, -0.2) is 0 Å². The van der Waals surface area contributed by atoms with Gasteiger partial charge in [0, 0.05) is 55.0 Å². The molecule has 161 valence electrons. The minimum Gasteiger partial charge on any atom is -0.412 e. The molecule has 0 N–H and O–H groups in total. The van der Waals surface area contributed by atoms with Crippen LogP contribution in [0.25, 0.3) is 5.65 Å². The van der Waals surface area contributed by atoms with Gasteiger partial charge in [-0.05, 0) is 31.9 Å². The first-order chi connectivity index (χ1) is 12.4. The van der Waals surface area contributed by atoms with Crippen LogP contribution in [0.4, 0.5) is 5.69 Å². The van der Waals surface area contributed by atoms with Gasteiger partial charge >= 0.3 is 0 Å². The molecule has 0 aromatic carbocycles. The summed E-state index contributed by atoms with van der Waals surface area (Å²) in [6, 6.07) is 4.52. The van der Waals surface area contributed by atoms with Gasteiger partial charge in [0.05, 0.1) is 0 Å². The van der Waals surface area contributed by atoms with E-state index in [0.29, 0.717) is 0 Å². The van der Waals surface area contributed by atoms with Gasteiger partial charge in [0.15, 0.2) is 0 Å². The van der Waals surface area contributed by atoms with Crippen LogP contribution in [0.2, 0.25) is 0 Å². The molecule has 0 aliphatic rings. The molecule has 2 aromatic rings. The van der Waals surface area contributed by atoms with Crippen LogP contribution in [0.3, 0.4) is 0 Å². The van der Waals surface area contributed by atoms with Gasteiger partial charge in [-0.1, -0.05) is 92.9 Å². The Bertz CT molecular complexity index is 808. The van der Waals surface area contributed by atoms with Crippen molar-refractivity contribution in [3.8, 4) is 0 Å². The molecule has 1 unspecified atom stereocenters. The first-order valence-electron chi connectivity index (χ1n) is 10.5. The molecule has 2 aromatic heterocycles. The number of aromatic nitrogens is 2. The summed E-state index contributed by atoms with van der Waals surface area (Å²) in [5, 5.41) is 0. The van der Waals surface area contributed by atoms with E-state index in [4.69, 9.17) is 4.98 Å². The maximum Gasteiger partial charge on any atom is 0.0270 e. The summed E-state index contributed by atoms with van der Waals surface area (Å²) in [7, 11) is 0. The maximum absolute atomic E-state index is 4.69. The van der Waals surface area contributed by atoms with E-state index < -0.39 is 0 Å². The fourth-order valence-electron chi connectivity index (χ4n) is 3.77. The molecular weight excluding hydrogens is 431 g/mol. The number of hydrogen-bond donors (Lipinski definition) is 0. The summed E-state index contributed by atoms with van der Waals surface area (Å²) in [4.78, 5) is 7.19. The van der Waals surface area contributed by atoms with Gasteiger partial charge in [0.2, 0.25) is 0 Å². The normalized spacial score (nSPS) is 14.6. The van der Waals surface area contributed by atoms with Crippen LogP contribution in [0, 0.1) is 23.4 Å². The van der Waals surface area contributed by atoms with Crippen molar-refractivity contribution in [1.29, 1.82) is 0 Å². The quantitative estimate of drug-likeness (QED) is 0.464. The van der Waals surface area contributed by atoms with Crippen LogP contribution in [-0.4, -0.2) is 21.0 Å². The molecule has 29 heavy (non-hydrogen) atoms. The second-order valence-corrected chi connectivity index (χ2v) is 12.3. The van der Waals surface area contributed by atoms with Gasteiger partial charge in [0.25, 0.3) is 0 Å². The third kappa shape index (κ3) is 6.53. The van der Waals surface area contributed by atoms with E-state index in [0.717, 1.165) is 11.3 Å². The zero-order chi connectivity index (χ0) is 21.7. The van der Waals surface area contributed by atoms with Crippen LogP contribution < -0.4 is 4.90 Å². The second-order valence-electron chi connectivity index (χ2n) is 12.3. The Morgan fingerprint density at radius 3 is 1.90 bits per heavy atom. The number of hydrogen-bond acceptors (Lipinski definition) is 2. The average molecular weight is 473 g/mol. The van der Waals surface area contributed by atoms with Crippen LogP contribution in [0.15, 0.2) is 18.3 Å². The standard InChI is InChI=1S/C25H41N3.Y/c1-22(2,3)15-20(24(7,8)9)28(25(10,11)12)18-16-26-21-14-13-19(23(4,5)6)27(21)17-18;/h13-15,17,20H,1-12H3;/q-2;. The third-order valence-corrected chi connectivity index (χ3v) is 5.01. The first-order valence-corrected chi connectivity index (χ1v) is 10.5. The van der Waals surface area contributed by atoms with Crippen LogP contribution in [0.5, 0.6) is 0 Å². The third-order valence-electron chi connectivity index (χ3n) is 5.01. The SMILES string of the molecule is CC(C)(C)[CH-]C(N(c1[c-]nc2ccc(C(C)(C)C)n2c1)C(C)(C)C)C(C)(C)C.[Y]. The maximum atomic E-state index is 4.69. The summed E-state index contributed by atoms with van der Waals surface area (Å²) in [6.45, 7) is 27.4. The van der Waals surface area contributed by atoms with E-state index in [-0.39, 0.29) is 60.5 Å². The molecule has 0 saturated carbocycles. The molecule has 0 bridgehead atoms. The number of fused-ring (bicyclic) bond motifs is 1. The Hall–Kier alpha value is -0.406. The van der Waals surface area contributed by atoms with E-state index in [2.05, 4.69) is 123 Å². The van der Waals surface area contributed by atoms with Crippen LogP contribution in [0.1, 0.15) is 88.8 Å². The summed E-state index contributed by atoms with van der Waals surface area (Å²) >= 11 is 0. The van der Waals surface area contributed by atoms with Gasteiger partial charge < -0.3 is 20.7 Å². The first kappa shape index (κ1) is 26.6. The van der Waals surface area contributed by atoms with Gasteiger partial charge in [-0.15, -0.1) is 0 Å². The van der Waals surface area contributed by atoms with Crippen molar-refractivity contribution in [2.24, 2.45) is 10.8 Å². The van der Waals surface area contributed by atoms with Crippen LogP contribution >= 0.6 is 0 Å². The zero-order valence-corrected chi connectivity index (χ0v) is 23.6. The summed E-state index contributed by atoms with van der Waals surface area (Å²) < 4.78 is 2.24. The van der Waals surface area contributed by atoms with Crippen molar-refractivity contribution in [3.63, 3.8) is 0 Å². The minimum atomic E-state index is -0.0688. The summed E-state index contributed by atoms with van der Waals surface area (Å²) in [6.07, 6.45) is 8.06. The van der Waals surface area contributed by atoms with E-state index in [9.17, 15) is 0 Å². The molecule has 0 fully saturated rings. The molecular formula is C25H41N3Y-2. The Labute approximate surface area is 204 Å². The van der Waals surface area contributed by atoms with Crippen molar-refractivity contribution in [2.45, 2.75) is 100 Å². The Morgan fingerprint density at radius 1 is 0.931 bits per heavy atom. The fraction of sp³-hybridized carbons (Fsp3) is 0.680. The van der Waals surface area contributed by atoms with Crippen molar-refractivity contribution in [3.05, 3.63) is 36.6 Å². The molecule has 0 aliphatic carbocycles. The molecule has 2 heterocycles. The zero-order valence-electron chi connectivity index (χ0n) is 20.8. The average Bonchev–Trinajstić information content (AvgIpc) is 2.85. The molecule has 0 aliphatic heterocycles. The molecule has 1 radical (unpaired) electrons. The topological polar surface area (TPSA) is 20.5 Å². The van der Waals surface area contributed by atoms with E-state index in [1.807, 2.05) is 0 Å². The molecule has 0 spiro atoms. The molecule has 2 rings (SSSR count). The molecule has 0 saturated heterocycles. The predicted molar refractivity (Wildman–Crippen MR) is 122 cm³/mol. The molecule has 3 nitrogen and oxygen atoms in total. The number of rotatable bonds is 3. The van der Waals surface area contributed by atoms with Crippen LogP contribution in [-0.2, 0) is 38.1 Å². The van der Waals surface area contributed by atoms with Gasteiger partial charge in [-0.3, -0.25) is 0 Å². The fourth-order valence-corrected chi connectivity index (χ4v) is 3.77. The second kappa shape index (κ2) is 8.62. The van der Waals surface area contributed by atoms with Crippen molar-refractivity contribution >= 4 is 11.3 Å². The smallest absolute Gasteiger partial charge is 0.0270 e. The van der Waals surface area contributed by atoms with Gasteiger partial charge in [-0.2, -0.15) is 5.41 Å². The Morgan fingerprint density at radius 2 is 1.48 bits per heavy atom. The Kier molecular flexibility index (Phi) is 7.91. The minimum absolute atomic E-state index is 0. The molecule has 1 atom stereocenters. The van der Waals surface area contributed by atoms with Crippen molar-refractivity contribution in [2.75, 3.05) is 4.90 Å². The summed E-state index contributed by atoms with van der Waals surface area (Å²) in [5.74, 6) is 0. The van der Waals surface area contributed by atoms with E-state index in [1.165, 1.54) is 5.69 Å². The molecule has 0 amide bonds. The number of anilines is 1. The predicted octanol–water partition coefficient (Wildman–Crippen LogP) is 6.70. The van der Waals surface area contributed by atoms with Crippen molar-refractivity contribution < 1.29 is 32.7 Å². The largest absolute Gasteiger partial charge is 0.412 e. The Balaban J connectivity index is 0.00000420. The number of nitrogens with zero attached hydrogens (tertiary/aromatic N) is 3. The summed E-state index contributed by atoms with van der Waals surface area (Å²) in [5.41, 5.74) is 3.44. The van der Waals surface area contributed by atoms with Gasteiger partial charge in [0.1, 0.15) is 0 Å². The molecule has 4 heteroatoms. The van der Waals surface area contributed by atoms with Crippen molar-refractivity contribution in [1.82, 2.24) is 9.38 Å². The van der Waals surface area contributed by atoms with E-state index >= 15 is 0 Å². The monoisotopic (exact) mass is 472 g/mol. The van der Waals surface area contributed by atoms with E-state index in [1.54, 1.807) is 0 Å².